The van der Waals surface area contributed by atoms with Crippen LogP contribution >= 0.6 is 11.6 Å². The predicted octanol–water partition coefficient (Wildman–Crippen LogP) is 7.23. The first-order chi connectivity index (χ1) is 15.7. The van der Waals surface area contributed by atoms with E-state index in [0.717, 1.165) is 45.6 Å². The molecule has 2 fully saturated rings. The van der Waals surface area contributed by atoms with Crippen molar-refractivity contribution in [2.45, 2.75) is 70.3 Å². The molecule has 2 aliphatic rings. The Kier molecular flexibility index (Phi) is 6.54. The number of pyridine rings is 2. The van der Waals surface area contributed by atoms with E-state index < -0.39 is 0 Å². The fourth-order valence-corrected chi connectivity index (χ4v) is 5.92. The van der Waals surface area contributed by atoms with E-state index >= 15 is 0 Å². The highest BCUT2D eigenvalue weighted by atomic mass is 35.5. The van der Waals surface area contributed by atoms with E-state index in [1.807, 2.05) is 18.3 Å². The molecule has 2 N–H and O–H groups in total. The van der Waals surface area contributed by atoms with E-state index in [1.54, 1.807) is 13.3 Å². The molecule has 0 unspecified atom stereocenters. The summed E-state index contributed by atoms with van der Waals surface area (Å²) in [6.45, 7) is 0. The van der Waals surface area contributed by atoms with Crippen molar-refractivity contribution in [3.63, 3.8) is 0 Å². The molecular weight excluding hydrogens is 420 g/mol. The zero-order valence-electron chi connectivity index (χ0n) is 18.9. The average Bonchev–Trinajstić information content (AvgIpc) is 3.24. The third kappa shape index (κ3) is 4.88. The van der Waals surface area contributed by atoms with Gasteiger partial charge in [0.05, 0.1) is 13.3 Å². The van der Waals surface area contributed by atoms with Crippen LogP contribution in [0.15, 0.2) is 30.6 Å². The van der Waals surface area contributed by atoms with Crippen LogP contribution < -0.4 is 10.1 Å². The first-order valence-electron chi connectivity index (χ1n) is 12.1. The number of rotatable bonds is 6. The molecular formula is C26H33ClN4O. The zero-order chi connectivity index (χ0) is 21.9. The predicted molar refractivity (Wildman–Crippen MR) is 131 cm³/mol. The topological polar surface area (TPSA) is 62.8 Å². The minimum atomic E-state index is 0.473. The molecule has 3 heterocycles. The second kappa shape index (κ2) is 9.70. The van der Waals surface area contributed by atoms with E-state index in [-0.39, 0.29) is 0 Å². The first kappa shape index (κ1) is 21.6. The quantitative estimate of drug-likeness (QED) is 0.387. The average molecular weight is 453 g/mol. The molecule has 0 spiro atoms. The van der Waals surface area contributed by atoms with Crippen LogP contribution in [0.5, 0.6) is 5.75 Å². The van der Waals surface area contributed by atoms with Crippen molar-refractivity contribution >= 4 is 28.5 Å². The Morgan fingerprint density at radius 3 is 2.59 bits per heavy atom. The number of aromatic amines is 1. The summed E-state index contributed by atoms with van der Waals surface area (Å²) in [5.74, 6) is 3.49. The molecule has 0 aromatic carbocycles. The number of nitrogens with zero attached hydrogens (tertiary/aromatic N) is 2. The number of nitrogens with one attached hydrogen (secondary N) is 2. The largest absolute Gasteiger partial charge is 0.495 e. The minimum Gasteiger partial charge on any atom is -0.495 e. The summed E-state index contributed by atoms with van der Waals surface area (Å²) < 4.78 is 5.36. The molecule has 3 aromatic rings. The van der Waals surface area contributed by atoms with E-state index in [2.05, 4.69) is 26.3 Å². The molecule has 170 valence electrons. The molecule has 3 aromatic heterocycles. The van der Waals surface area contributed by atoms with Gasteiger partial charge in [0.25, 0.3) is 0 Å². The molecule has 0 aliphatic heterocycles. The number of hydrogen-bond acceptors (Lipinski definition) is 4. The number of anilines is 1. The minimum absolute atomic E-state index is 0.473. The molecule has 32 heavy (non-hydrogen) atoms. The lowest BCUT2D eigenvalue weighted by molar-refractivity contribution is 0.238. The molecule has 0 bridgehead atoms. The van der Waals surface area contributed by atoms with Crippen LogP contribution in [0.4, 0.5) is 5.82 Å². The molecule has 0 atom stereocenters. The molecule has 6 heteroatoms. The molecule has 5 rings (SSSR count). The van der Waals surface area contributed by atoms with Crippen LogP contribution in [0.1, 0.15) is 64.2 Å². The third-order valence-electron chi connectivity index (χ3n) is 7.44. The number of ether oxygens (including phenoxy) is 1. The van der Waals surface area contributed by atoms with E-state index in [4.69, 9.17) is 16.3 Å². The lowest BCUT2D eigenvalue weighted by Crippen LogP contribution is -2.27. The summed E-state index contributed by atoms with van der Waals surface area (Å²) >= 11 is 6.42. The fourth-order valence-electron chi connectivity index (χ4n) is 5.71. The lowest BCUT2D eigenvalue weighted by Gasteiger charge is -2.32. The number of halogens is 1. The molecule has 2 saturated carbocycles. The van der Waals surface area contributed by atoms with Crippen molar-refractivity contribution in [2.75, 3.05) is 12.4 Å². The van der Waals surface area contributed by atoms with Crippen molar-refractivity contribution in [2.24, 2.45) is 11.8 Å². The standard InChI is InChI=1S/C26H33ClN4O/c1-32-21-14-22-23(16-29-26(22)28-15-21)19-12-24(27)31-25(13-19)30-20-9-7-18(8-10-20)11-17-5-3-2-4-6-17/h12-18,20H,2-11H2,1H3,(H,28,29)(H,30,31). The zero-order valence-corrected chi connectivity index (χ0v) is 19.6. The highest BCUT2D eigenvalue weighted by molar-refractivity contribution is 6.29. The number of fused-ring (bicyclic) bond motifs is 1. The van der Waals surface area contributed by atoms with Gasteiger partial charge in [-0.3, -0.25) is 0 Å². The van der Waals surface area contributed by atoms with Gasteiger partial charge in [-0.1, -0.05) is 43.7 Å². The Morgan fingerprint density at radius 2 is 1.81 bits per heavy atom. The second-order valence-corrected chi connectivity index (χ2v) is 10.0. The highest BCUT2D eigenvalue weighted by Gasteiger charge is 2.25. The van der Waals surface area contributed by atoms with Crippen LogP contribution in [0, 0.1) is 11.8 Å². The fraction of sp³-hybridized carbons (Fsp3) is 0.538. The van der Waals surface area contributed by atoms with Gasteiger partial charge in [-0.15, -0.1) is 0 Å². The summed E-state index contributed by atoms with van der Waals surface area (Å²) in [5.41, 5.74) is 2.91. The normalized spacial score (nSPS) is 22.2. The van der Waals surface area contributed by atoms with Crippen LogP contribution in [0.3, 0.4) is 0 Å². The van der Waals surface area contributed by atoms with E-state index in [1.165, 1.54) is 64.2 Å². The molecule has 0 radical (unpaired) electrons. The van der Waals surface area contributed by atoms with Crippen molar-refractivity contribution < 1.29 is 4.74 Å². The van der Waals surface area contributed by atoms with Gasteiger partial charge >= 0.3 is 0 Å². The Morgan fingerprint density at radius 1 is 1.03 bits per heavy atom. The van der Waals surface area contributed by atoms with E-state index in [0.29, 0.717) is 11.2 Å². The SMILES string of the molecule is COc1cnc2[nH]cc(-c3cc(Cl)nc(NC4CCC(CC5CCCCC5)CC4)c3)c2c1. The number of aromatic nitrogens is 3. The molecule has 2 aliphatic carbocycles. The van der Waals surface area contributed by atoms with Gasteiger partial charge in [0.15, 0.2) is 0 Å². The van der Waals surface area contributed by atoms with Gasteiger partial charge in [-0.25, -0.2) is 9.97 Å². The maximum absolute atomic E-state index is 6.42. The Bertz CT molecular complexity index is 1050. The smallest absolute Gasteiger partial charge is 0.138 e. The van der Waals surface area contributed by atoms with Crippen molar-refractivity contribution in [3.05, 3.63) is 35.7 Å². The van der Waals surface area contributed by atoms with Gasteiger partial charge in [-0.05, 0) is 67.7 Å². The highest BCUT2D eigenvalue weighted by Crippen LogP contribution is 2.37. The van der Waals surface area contributed by atoms with Gasteiger partial charge in [0.2, 0.25) is 0 Å². The number of hydrogen-bond donors (Lipinski definition) is 2. The van der Waals surface area contributed by atoms with Crippen molar-refractivity contribution in [1.29, 1.82) is 0 Å². The third-order valence-corrected chi connectivity index (χ3v) is 7.63. The summed E-state index contributed by atoms with van der Waals surface area (Å²) in [5, 5.41) is 5.19. The van der Waals surface area contributed by atoms with Crippen LogP contribution in [0.25, 0.3) is 22.2 Å². The van der Waals surface area contributed by atoms with Crippen molar-refractivity contribution in [1.82, 2.24) is 15.0 Å². The summed E-state index contributed by atoms with van der Waals surface area (Å²) in [6, 6.07) is 6.49. The Labute approximate surface area is 195 Å². The summed E-state index contributed by atoms with van der Waals surface area (Å²) in [7, 11) is 1.66. The van der Waals surface area contributed by atoms with Gasteiger partial charge in [-0.2, -0.15) is 0 Å². The Hall–Kier alpha value is -2.27. The molecule has 0 amide bonds. The maximum atomic E-state index is 6.42. The Balaban J connectivity index is 1.26. The van der Waals surface area contributed by atoms with Crippen LogP contribution in [-0.2, 0) is 0 Å². The molecule has 0 saturated heterocycles. The van der Waals surface area contributed by atoms with Gasteiger partial charge in [0, 0.05) is 23.2 Å². The van der Waals surface area contributed by atoms with Crippen LogP contribution in [0.2, 0.25) is 5.15 Å². The van der Waals surface area contributed by atoms with Gasteiger partial charge in [0.1, 0.15) is 22.4 Å². The maximum Gasteiger partial charge on any atom is 0.138 e. The summed E-state index contributed by atoms with van der Waals surface area (Å²) in [6.07, 6.45) is 17.5. The molecule has 5 nitrogen and oxygen atoms in total. The number of H-pyrrole nitrogens is 1. The number of methoxy groups -OCH3 is 1. The first-order valence-corrected chi connectivity index (χ1v) is 12.5. The van der Waals surface area contributed by atoms with Crippen LogP contribution in [-0.4, -0.2) is 28.1 Å². The summed E-state index contributed by atoms with van der Waals surface area (Å²) in [4.78, 5) is 12.3. The van der Waals surface area contributed by atoms with Crippen molar-refractivity contribution in [3.8, 4) is 16.9 Å². The monoisotopic (exact) mass is 452 g/mol. The lowest BCUT2D eigenvalue weighted by atomic mass is 9.76. The second-order valence-electron chi connectivity index (χ2n) is 9.64. The van der Waals surface area contributed by atoms with E-state index in [9.17, 15) is 0 Å². The van der Waals surface area contributed by atoms with Gasteiger partial charge < -0.3 is 15.0 Å².